The SMILES string of the molecule is CCC(C(=O)Nc1ccc(N)cc1)N1CCN(C(C)=O)CC1. The molecular formula is C16H24N4O2. The van der Waals surface area contributed by atoms with Crippen LogP contribution in [0.1, 0.15) is 20.3 Å². The Labute approximate surface area is 131 Å². The van der Waals surface area contributed by atoms with Gasteiger partial charge in [0, 0.05) is 44.5 Å². The van der Waals surface area contributed by atoms with Crippen LogP contribution in [0.5, 0.6) is 0 Å². The third-order valence-corrected chi connectivity index (χ3v) is 4.07. The minimum atomic E-state index is -0.174. The zero-order valence-corrected chi connectivity index (χ0v) is 13.2. The summed E-state index contributed by atoms with van der Waals surface area (Å²) in [7, 11) is 0. The van der Waals surface area contributed by atoms with Crippen molar-refractivity contribution in [3.05, 3.63) is 24.3 Å². The van der Waals surface area contributed by atoms with E-state index in [-0.39, 0.29) is 17.9 Å². The summed E-state index contributed by atoms with van der Waals surface area (Å²) in [5.41, 5.74) is 7.07. The molecule has 3 N–H and O–H groups in total. The molecule has 0 spiro atoms. The zero-order chi connectivity index (χ0) is 16.1. The van der Waals surface area contributed by atoms with Gasteiger partial charge in [0.25, 0.3) is 0 Å². The normalized spacial score (nSPS) is 17.1. The summed E-state index contributed by atoms with van der Waals surface area (Å²) in [5, 5.41) is 2.93. The van der Waals surface area contributed by atoms with Gasteiger partial charge in [-0.2, -0.15) is 0 Å². The number of carbonyl (C=O) groups excluding carboxylic acids is 2. The standard InChI is InChI=1S/C16H24N4O2/c1-3-15(20-10-8-19(9-11-20)12(2)21)16(22)18-14-6-4-13(17)5-7-14/h4-7,15H,3,8-11,17H2,1-2H3,(H,18,22). The second kappa shape index (κ2) is 7.26. The van der Waals surface area contributed by atoms with Crippen LogP contribution in [-0.4, -0.2) is 53.8 Å². The van der Waals surface area contributed by atoms with Crippen molar-refractivity contribution < 1.29 is 9.59 Å². The van der Waals surface area contributed by atoms with Crippen molar-refractivity contribution in [3.8, 4) is 0 Å². The van der Waals surface area contributed by atoms with Gasteiger partial charge in [0.1, 0.15) is 0 Å². The summed E-state index contributed by atoms with van der Waals surface area (Å²) in [5.74, 6) is 0.0857. The van der Waals surface area contributed by atoms with Crippen LogP contribution in [0.25, 0.3) is 0 Å². The molecule has 0 aliphatic carbocycles. The molecule has 6 heteroatoms. The molecule has 1 aromatic rings. The molecule has 22 heavy (non-hydrogen) atoms. The Bertz CT molecular complexity index is 521. The molecule has 120 valence electrons. The Kier molecular flexibility index (Phi) is 5.38. The molecule has 1 aromatic carbocycles. The minimum absolute atomic E-state index is 0.0106. The number of anilines is 2. The number of carbonyl (C=O) groups is 2. The van der Waals surface area contributed by atoms with Crippen molar-refractivity contribution in [1.29, 1.82) is 0 Å². The molecule has 1 saturated heterocycles. The number of hydrogen-bond acceptors (Lipinski definition) is 4. The number of benzene rings is 1. The minimum Gasteiger partial charge on any atom is -0.399 e. The zero-order valence-electron chi connectivity index (χ0n) is 13.2. The van der Waals surface area contributed by atoms with Crippen molar-refractivity contribution in [3.63, 3.8) is 0 Å². The number of nitrogens with two attached hydrogens (primary N) is 1. The van der Waals surface area contributed by atoms with Crippen molar-refractivity contribution in [2.45, 2.75) is 26.3 Å². The van der Waals surface area contributed by atoms with Gasteiger partial charge in [-0.15, -0.1) is 0 Å². The Morgan fingerprint density at radius 3 is 2.27 bits per heavy atom. The molecular weight excluding hydrogens is 280 g/mol. The summed E-state index contributed by atoms with van der Waals surface area (Å²) in [6.45, 7) is 6.41. The topological polar surface area (TPSA) is 78.7 Å². The van der Waals surface area contributed by atoms with E-state index in [9.17, 15) is 9.59 Å². The lowest BCUT2D eigenvalue weighted by Crippen LogP contribution is -2.54. The highest BCUT2D eigenvalue weighted by Crippen LogP contribution is 2.14. The van der Waals surface area contributed by atoms with Crippen LogP contribution < -0.4 is 11.1 Å². The Morgan fingerprint density at radius 1 is 1.18 bits per heavy atom. The molecule has 1 atom stereocenters. The van der Waals surface area contributed by atoms with Gasteiger partial charge in [-0.1, -0.05) is 6.92 Å². The molecule has 2 rings (SSSR count). The first-order valence-electron chi connectivity index (χ1n) is 7.67. The van der Waals surface area contributed by atoms with E-state index in [1.54, 1.807) is 31.2 Å². The first-order chi connectivity index (χ1) is 10.5. The molecule has 6 nitrogen and oxygen atoms in total. The molecule has 1 heterocycles. The van der Waals surface area contributed by atoms with Gasteiger partial charge in [0.05, 0.1) is 6.04 Å². The fourth-order valence-corrected chi connectivity index (χ4v) is 2.75. The van der Waals surface area contributed by atoms with Gasteiger partial charge < -0.3 is 16.0 Å². The second-order valence-electron chi connectivity index (χ2n) is 5.58. The van der Waals surface area contributed by atoms with E-state index >= 15 is 0 Å². The third-order valence-electron chi connectivity index (χ3n) is 4.07. The Balaban J connectivity index is 1.94. The predicted molar refractivity (Wildman–Crippen MR) is 87.4 cm³/mol. The molecule has 2 amide bonds. The molecule has 1 fully saturated rings. The number of rotatable bonds is 4. The van der Waals surface area contributed by atoms with Crippen molar-refractivity contribution >= 4 is 23.2 Å². The molecule has 1 aliphatic rings. The summed E-state index contributed by atoms with van der Waals surface area (Å²) in [4.78, 5) is 27.8. The quantitative estimate of drug-likeness (QED) is 0.818. The van der Waals surface area contributed by atoms with Crippen molar-refractivity contribution in [2.75, 3.05) is 37.2 Å². The highest BCUT2D eigenvalue weighted by molar-refractivity contribution is 5.94. The molecule has 0 aromatic heterocycles. The number of nitrogens with zero attached hydrogens (tertiary/aromatic N) is 2. The van der Waals surface area contributed by atoms with Gasteiger partial charge in [-0.05, 0) is 30.7 Å². The van der Waals surface area contributed by atoms with Crippen LogP contribution in [0, 0.1) is 0 Å². The molecule has 0 radical (unpaired) electrons. The summed E-state index contributed by atoms with van der Waals surface area (Å²) < 4.78 is 0. The lowest BCUT2D eigenvalue weighted by molar-refractivity contribution is -0.131. The maximum absolute atomic E-state index is 12.5. The van der Waals surface area contributed by atoms with E-state index < -0.39 is 0 Å². The van der Waals surface area contributed by atoms with Gasteiger partial charge in [0.2, 0.25) is 11.8 Å². The fourth-order valence-electron chi connectivity index (χ4n) is 2.75. The van der Waals surface area contributed by atoms with Gasteiger partial charge in [0.15, 0.2) is 0 Å². The lowest BCUT2D eigenvalue weighted by atomic mass is 10.1. The Hall–Kier alpha value is -2.08. The van der Waals surface area contributed by atoms with Crippen LogP contribution in [0.2, 0.25) is 0 Å². The summed E-state index contributed by atoms with van der Waals surface area (Å²) in [6, 6.07) is 6.96. The van der Waals surface area contributed by atoms with Crippen LogP contribution >= 0.6 is 0 Å². The summed E-state index contributed by atoms with van der Waals surface area (Å²) in [6.07, 6.45) is 0.737. The highest BCUT2D eigenvalue weighted by Gasteiger charge is 2.28. The third kappa shape index (κ3) is 3.98. The van der Waals surface area contributed by atoms with Crippen molar-refractivity contribution in [1.82, 2.24) is 9.80 Å². The van der Waals surface area contributed by atoms with Crippen molar-refractivity contribution in [2.24, 2.45) is 0 Å². The molecule has 0 saturated carbocycles. The molecule has 1 aliphatic heterocycles. The maximum atomic E-state index is 12.5. The van der Waals surface area contributed by atoms with E-state index in [0.29, 0.717) is 18.8 Å². The largest absolute Gasteiger partial charge is 0.399 e. The van der Waals surface area contributed by atoms with Crippen LogP contribution in [0.3, 0.4) is 0 Å². The fraction of sp³-hybridized carbons (Fsp3) is 0.500. The van der Waals surface area contributed by atoms with Gasteiger partial charge in [-0.3, -0.25) is 14.5 Å². The number of amides is 2. The highest BCUT2D eigenvalue weighted by atomic mass is 16.2. The van der Waals surface area contributed by atoms with E-state index in [1.807, 2.05) is 11.8 Å². The molecule has 1 unspecified atom stereocenters. The van der Waals surface area contributed by atoms with Gasteiger partial charge >= 0.3 is 0 Å². The van der Waals surface area contributed by atoms with Crippen LogP contribution in [0.15, 0.2) is 24.3 Å². The van der Waals surface area contributed by atoms with E-state index in [2.05, 4.69) is 10.2 Å². The number of nitrogen functional groups attached to an aromatic ring is 1. The number of nitrogens with one attached hydrogen (secondary N) is 1. The van der Waals surface area contributed by atoms with Crippen LogP contribution in [-0.2, 0) is 9.59 Å². The second-order valence-corrected chi connectivity index (χ2v) is 5.58. The van der Waals surface area contributed by atoms with Crippen LogP contribution in [0.4, 0.5) is 11.4 Å². The Morgan fingerprint density at radius 2 is 1.77 bits per heavy atom. The number of piperazine rings is 1. The molecule has 0 bridgehead atoms. The van der Waals surface area contributed by atoms with E-state index in [4.69, 9.17) is 5.73 Å². The first kappa shape index (κ1) is 16.3. The number of hydrogen-bond donors (Lipinski definition) is 2. The first-order valence-corrected chi connectivity index (χ1v) is 7.67. The monoisotopic (exact) mass is 304 g/mol. The predicted octanol–water partition coefficient (Wildman–Crippen LogP) is 1.15. The summed E-state index contributed by atoms with van der Waals surface area (Å²) >= 11 is 0. The average Bonchev–Trinajstić information content (AvgIpc) is 2.51. The van der Waals surface area contributed by atoms with E-state index in [1.165, 1.54) is 0 Å². The average molecular weight is 304 g/mol. The maximum Gasteiger partial charge on any atom is 0.241 e. The van der Waals surface area contributed by atoms with E-state index in [0.717, 1.165) is 25.2 Å². The van der Waals surface area contributed by atoms with Gasteiger partial charge in [-0.25, -0.2) is 0 Å². The smallest absolute Gasteiger partial charge is 0.241 e. The lowest BCUT2D eigenvalue weighted by Gasteiger charge is -2.38.